The first kappa shape index (κ1) is 30.1. The fourth-order valence-electron chi connectivity index (χ4n) is 4.61. The Morgan fingerprint density at radius 1 is 0.974 bits per heavy atom. The molecule has 2 aromatic rings. The highest BCUT2D eigenvalue weighted by Gasteiger charge is 2.61. The lowest BCUT2D eigenvalue weighted by Crippen LogP contribution is -2.55. The molecule has 1 N–H and O–H groups in total. The molecule has 0 saturated heterocycles. The van der Waals surface area contributed by atoms with Gasteiger partial charge < -0.3 is 10.1 Å². The summed E-state index contributed by atoms with van der Waals surface area (Å²) in [5.74, 6) is -1.47. The van der Waals surface area contributed by atoms with E-state index in [2.05, 4.69) is 0 Å². The predicted octanol–water partition coefficient (Wildman–Crippen LogP) is 7.70. The Labute approximate surface area is 216 Å². The van der Waals surface area contributed by atoms with Crippen molar-refractivity contribution in [1.82, 2.24) is 0 Å². The summed E-state index contributed by atoms with van der Waals surface area (Å²) in [6.45, 7) is 4.39. The van der Waals surface area contributed by atoms with Crippen molar-refractivity contribution in [1.29, 1.82) is 0 Å². The van der Waals surface area contributed by atoms with Crippen LogP contribution in [-0.4, -0.2) is 30.3 Å². The van der Waals surface area contributed by atoms with Crippen LogP contribution in [0.5, 0.6) is 0 Å². The van der Waals surface area contributed by atoms with Crippen LogP contribution in [0.1, 0.15) is 50.3 Å². The molecule has 0 radical (unpaired) electrons. The normalized spacial score (nSPS) is 20.0. The van der Waals surface area contributed by atoms with Crippen LogP contribution in [0.15, 0.2) is 42.5 Å². The number of carbonyl (C=O) groups is 2. The highest BCUT2D eigenvalue weighted by atomic mass is 19.4. The summed E-state index contributed by atoms with van der Waals surface area (Å²) < 4.78 is 128. The van der Waals surface area contributed by atoms with Crippen LogP contribution in [0.25, 0.3) is 0 Å². The summed E-state index contributed by atoms with van der Waals surface area (Å²) >= 11 is 0. The van der Waals surface area contributed by atoms with Crippen molar-refractivity contribution < 1.29 is 53.8 Å². The molecule has 0 fully saturated rings. The monoisotopic (exact) mass is 570 g/mol. The molecule has 0 saturated carbocycles. The van der Waals surface area contributed by atoms with E-state index in [1.165, 1.54) is 25.1 Å². The van der Waals surface area contributed by atoms with Crippen LogP contribution in [0.2, 0.25) is 0 Å². The van der Waals surface area contributed by atoms with Crippen LogP contribution >= 0.6 is 0 Å². The molecule has 0 aliphatic carbocycles. The average molecular weight is 570 g/mol. The predicted molar refractivity (Wildman–Crippen MR) is 122 cm³/mol. The number of benzene rings is 2. The molecular weight excluding hydrogens is 547 g/mol. The lowest BCUT2D eigenvalue weighted by Gasteiger charge is -2.46. The van der Waals surface area contributed by atoms with E-state index in [4.69, 9.17) is 4.74 Å². The second kappa shape index (κ2) is 10.3. The lowest BCUT2D eigenvalue weighted by molar-refractivity contribution is -0.198. The van der Waals surface area contributed by atoms with Crippen LogP contribution < -0.4 is 10.2 Å². The van der Waals surface area contributed by atoms with Gasteiger partial charge >= 0.3 is 24.6 Å². The molecule has 0 bridgehead atoms. The second-order valence-corrected chi connectivity index (χ2v) is 9.47. The molecule has 0 aromatic heterocycles. The maximum absolute atomic E-state index is 14.7. The molecule has 2 unspecified atom stereocenters. The third-order valence-electron chi connectivity index (χ3n) is 6.17. The summed E-state index contributed by atoms with van der Waals surface area (Å²) in [7, 11) is 0. The quantitative estimate of drug-likeness (QED) is 0.384. The Morgan fingerprint density at radius 2 is 1.51 bits per heavy atom. The maximum Gasteiger partial charge on any atom is 0.416 e. The molecule has 1 heterocycles. The molecule has 1 aliphatic heterocycles. The van der Waals surface area contributed by atoms with Gasteiger partial charge in [-0.05, 0) is 57.0 Å². The van der Waals surface area contributed by atoms with Crippen molar-refractivity contribution in [2.24, 2.45) is 0 Å². The summed E-state index contributed by atoms with van der Waals surface area (Å²) in [6.07, 6.45) is -19.3. The van der Waals surface area contributed by atoms with E-state index >= 15 is 0 Å². The van der Waals surface area contributed by atoms with Gasteiger partial charge in [0.1, 0.15) is 5.41 Å². The lowest BCUT2D eigenvalue weighted by atomic mass is 9.68. The number of halogens is 9. The number of hydrogen-bond acceptors (Lipinski definition) is 3. The number of carbonyl (C=O) groups excluding carboxylic acids is 2. The van der Waals surface area contributed by atoms with Gasteiger partial charge in [-0.1, -0.05) is 18.2 Å². The van der Waals surface area contributed by atoms with Gasteiger partial charge in [-0.15, -0.1) is 0 Å². The number of ether oxygens (including phenoxy) is 1. The number of anilines is 2. The minimum atomic E-state index is -5.22. The van der Waals surface area contributed by atoms with Crippen molar-refractivity contribution >= 4 is 23.4 Å². The van der Waals surface area contributed by atoms with Crippen molar-refractivity contribution in [2.45, 2.75) is 69.7 Å². The van der Waals surface area contributed by atoms with Gasteiger partial charge in [-0.3, -0.25) is 9.69 Å². The number of amides is 2. The number of hydrogen-bond donors (Lipinski definition) is 1. The molecule has 14 heteroatoms. The number of rotatable bonds is 4. The smallest absolute Gasteiger partial charge is 0.416 e. The van der Waals surface area contributed by atoms with Gasteiger partial charge in [0, 0.05) is 18.2 Å². The zero-order valence-electron chi connectivity index (χ0n) is 20.7. The van der Waals surface area contributed by atoms with Gasteiger partial charge in [-0.2, -0.15) is 39.5 Å². The zero-order chi connectivity index (χ0) is 29.6. The van der Waals surface area contributed by atoms with Crippen LogP contribution in [0.3, 0.4) is 0 Å². The summed E-state index contributed by atoms with van der Waals surface area (Å²) in [5.41, 5.74) is -8.03. The minimum absolute atomic E-state index is 0.170. The molecule has 39 heavy (non-hydrogen) atoms. The highest BCUT2D eigenvalue weighted by molar-refractivity contribution is 5.94. The molecule has 5 nitrogen and oxygen atoms in total. The Kier molecular flexibility index (Phi) is 7.92. The number of alkyl halides is 9. The first-order valence-corrected chi connectivity index (χ1v) is 11.5. The summed E-state index contributed by atoms with van der Waals surface area (Å²) in [5, 5.41) is 1.77. The highest BCUT2D eigenvalue weighted by Crippen LogP contribution is 2.54. The van der Waals surface area contributed by atoms with Crippen LogP contribution in [0.4, 0.5) is 55.7 Å². The first-order chi connectivity index (χ1) is 17.8. The summed E-state index contributed by atoms with van der Waals surface area (Å²) in [6, 6.07) is 4.00. The Morgan fingerprint density at radius 3 is 2.00 bits per heavy atom. The standard InChI is InChI=1S/C25H23F9N2O3/c1-13(2)39-21(38)36-14(3)11-22(25(32,33)34,18-6-4-5-7-19(18)36)12-20(37)35-17-9-15(23(26,27)28)8-16(10-17)24(29,30)31/h4-10,13-14H,11-12H2,1-3H3,(H,35,37). The topological polar surface area (TPSA) is 58.6 Å². The van der Waals surface area contributed by atoms with Crippen LogP contribution in [0, 0.1) is 0 Å². The average Bonchev–Trinajstić information content (AvgIpc) is 2.76. The number of para-hydroxylation sites is 1. The Balaban J connectivity index is 2.05. The van der Waals surface area contributed by atoms with E-state index < -0.39 is 83.3 Å². The zero-order valence-corrected chi connectivity index (χ0v) is 20.7. The van der Waals surface area contributed by atoms with E-state index in [9.17, 15) is 49.1 Å². The molecule has 214 valence electrons. The molecule has 2 aromatic carbocycles. The number of fused-ring (bicyclic) bond motifs is 1. The van der Waals surface area contributed by atoms with Gasteiger partial charge in [0.05, 0.1) is 22.9 Å². The fraction of sp³-hybridized carbons (Fsp3) is 0.440. The van der Waals surface area contributed by atoms with Crippen molar-refractivity contribution in [3.05, 3.63) is 59.2 Å². The molecule has 2 atom stereocenters. The van der Waals surface area contributed by atoms with Gasteiger partial charge in [0.25, 0.3) is 0 Å². The number of nitrogens with one attached hydrogen (secondary N) is 1. The second-order valence-electron chi connectivity index (χ2n) is 9.47. The molecule has 2 amide bonds. The SMILES string of the molecule is CC(C)OC(=O)N1c2ccccc2C(CC(=O)Nc2cc(C(F)(F)F)cc(C(F)(F)F)c2)(C(F)(F)F)CC1C. The molecular formula is C25H23F9N2O3. The van der Waals surface area contributed by atoms with Gasteiger partial charge in [0.15, 0.2) is 0 Å². The first-order valence-electron chi connectivity index (χ1n) is 11.5. The van der Waals surface area contributed by atoms with Gasteiger partial charge in [-0.25, -0.2) is 4.79 Å². The number of nitrogens with zero attached hydrogens (tertiary/aromatic N) is 1. The van der Waals surface area contributed by atoms with Crippen molar-refractivity contribution in [3.8, 4) is 0 Å². The van der Waals surface area contributed by atoms with Crippen molar-refractivity contribution in [2.75, 3.05) is 10.2 Å². The fourth-order valence-corrected chi connectivity index (χ4v) is 4.61. The van der Waals surface area contributed by atoms with Crippen molar-refractivity contribution in [3.63, 3.8) is 0 Å². The van der Waals surface area contributed by atoms with E-state index in [1.54, 1.807) is 19.2 Å². The Hall–Kier alpha value is -3.45. The molecule has 3 rings (SSSR count). The van der Waals surface area contributed by atoms with Crippen LogP contribution in [-0.2, 0) is 27.3 Å². The Bertz CT molecular complexity index is 1210. The largest absolute Gasteiger partial charge is 0.446 e. The van der Waals surface area contributed by atoms with E-state index in [0.29, 0.717) is 0 Å². The van der Waals surface area contributed by atoms with E-state index in [-0.39, 0.29) is 23.9 Å². The molecule has 1 aliphatic rings. The van der Waals surface area contributed by atoms with E-state index in [1.807, 2.05) is 0 Å². The molecule has 0 spiro atoms. The summed E-state index contributed by atoms with van der Waals surface area (Å²) in [4.78, 5) is 26.6. The third-order valence-corrected chi connectivity index (χ3v) is 6.17. The van der Waals surface area contributed by atoms with Gasteiger partial charge in [0.2, 0.25) is 5.91 Å². The minimum Gasteiger partial charge on any atom is -0.446 e. The van der Waals surface area contributed by atoms with E-state index in [0.717, 1.165) is 11.0 Å². The third kappa shape index (κ3) is 6.25. The maximum atomic E-state index is 14.7.